The Kier molecular flexibility index (Phi) is 3.47. The number of hydrogen-bond donors (Lipinski definition) is 0. The zero-order valence-corrected chi connectivity index (χ0v) is 9.17. The van der Waals surface area contributed by atoms with E-state index in [2.05, 4.69) is 0 Å². The average Bonchev–Trinajstić information content (AvgIpc) is 2.16. The molecular formula is C10H12NO3S. The third kappa shape index (κ3) is 3.36. The van der Waals surface area contributed by atoms with E-state index >= 15 is 0 Å². The first-order valence-electron chi connectivity index (χ1n) is 4.46. The van der Waals surface area contributed by atoms with Gasteiger partial charge in [0.25, 0.3) is 0 Å². The van der Waals surface area contributed by atoms with E-state index in [9.17, 15) is 13.2 Å². The smallest absolute Gasteiger partial charge is 0.239 e. The van der Waals surface area contributed by atoms with Gasteiger partial charge < -0.3 is 0 Å². The van der Waals surface area contributed by atoms with Crippen LogP contribution in [0.2, 0.25) is 0 Å². The number of rotatable bonds is 4. The molecule has 0 bridgehead atoms. The maximum atomic E-state index is 11.6. The van der Waals surface area contributed by atoms with Crippen molar-refractivity contribution < 1.29 is 13.2 Å². The van der Waals surface area contributed by atoms with E-state index in [0.29, 0.717) is 0 Å². The van der Waals surface area contributed by atoms with Gasteiger partial charge in [-0.15, -0.1) is 0 Å². The van der Waals surface area contributed by atoms with Crippen LogP contribution < -0.4 is 5.73 Å². The number of aryl methyl sites for hydroxylation is 1. The molecule has 0 aliphatic heterocycles. The van der Waals surface area contributed by atoms with E-state index in [1.807, 2.05) is 6.92 Å². The van der Waals surface area contributed by atoms with Gasteiger partial charge in [-0.25, -0.2) is 8.42 Å². The summed E-state index contributed by atoms with van der Waals surface area (Å²) in [6.07, 6.45) is -0.254. The maximum Gasteiger partial charge on any atom is 0.239 e. The molecule has 0 saturated heterocycles. The predicted molar refractivity (Wildman–Crippen MR) is 56.0 cm³/mol. The number of carbonyl (C=O) groups excluding carboxylic acids is 1. The lowest BCUT2D eigenvalue weighted by Crippen LogP contribution is -2.11. The number of carbonyl (C=O) groups is 1. The highest BCUT2D eigenvalue weighted by molar-refractivity contribution is 7.91. The summed E-state index contributed by atoms with van der Waals surface area (Å²) in [5.74, 6) is -1.15. The molecule has 0 atom stereocenters. The third-order valence-electron chi connectivity index (χ3n) is 1.98. The zero-order valence-electron chi connectivity index (χ0n) is 8.36. The van der Waals surface area contributed by atoms with Crippen molar-refractivity contribution in [3.8, 4) is 0 Å². The van der Waals surface area contributed by atoms with Crippen molar-refractivity contribution in [1.82, 2.24) is 5.73 Å². The summed E-state index contributed by atoms with van der Waals surface area (Å²) < 4.78 is 23.2. The molecule has 5 heteroatoms. The molecule has 0 fully saturated rings. The van der Waals surface area contributed by atoms with Crippen LogP contribution in [0.1, 0.15) is 12.0 Å². The van der Waals surface area contributed by atoms with Crippen molar-refractivity contribution in [2.45, 2.75) is 18.2 Å². The number of amides is 1. The number of nitrogens with one attached hydrogen (secondary N) is 1. The molecule has 0 heterocycles. The Labute approximate surface area is 89.0 Å². The van der Waals surface area contributed by atoms with E-state index in [1.165, 1.54) is 12.1 Å². The topological polar surface area (TPSA) is 75.0 Å². The van der Waals surface area contributed by atoms with E-state index in [0.717, 1.165) is 5.56 Å². The molecule has 0 saturated carbocycles. The van der Waals surface area contributed by atoms with Gasteiger partial charge in [0.15, 0.2) is 9.84 Å². The average molecular weight is 226 g/mol. The van der Waals surface area contributed by atoms with Gasteiger partial charge in [0.05, 0.1) is 10.6 Å². The molecule has 1 aromatic carbocycles. The highest BCUT2D eigenvalue weighted by Gasteiger charge is 2.15. The van der Waals surface area contributed by atoms with Gasteiger partial charge in [-0.2, -0.15) is 0 Å². The van der Waals surface area contributed by atoms with Crippen LogP contribution >= 0.6 is 0 Å². The van der Waals surface area contributed by atoms with Gasteiger partial charge in [-0.05, 0) is 19.1 Å². The monoisotopic (exact) mass is 226 g/mol. The van der Waals surface area contributed by atoms with Crippen LogP contribution in [-0.2, 0) is 14.6 Å². The van der Waals surface area contributed by atoms with Crippen LogP contribution in [0.25, 0.3) is 0 Å². The second-order valence-electron chi connectivity index (χ2n) is 3.31. The molecular weight excluding hydrogens is 214 g/mol. The van der Waals surface area contributed by atoms with E-state index in [4.69, 9.17) is 5.73 Å². The van der Waals surface area contributed by atoms with Crippen LogP contribution in [0.5, 0.6) is 0 Å². The van der Waals surface area contributed by atoms with Gasteiger partial charge in [-0.1, -0.05) is 17.7 Å². The summed E-state index contributed by atoms with van der Waals surface area (Å²) in [4.78, 5) is 10.6. The lowest BCUT2D eigenvalue weighted by atomic mass is 10.2. The largest absolute Gasteiger partial charge is 0.273 e. The first kappa shape index (κ1) is 11.7. The molecule has 0 aliphatic rings. The fraction of sp³-hybridized carbons (Fsp3) is 0.300. The molecule has 0 aromatic heterocycles. The van der Waals surface area contributed by atoms with E-state index < -0.39 is 15.7 Å². The second kappa shape index (κ2) is 4.44. The second-order valence-corrected chi connectivity index (χ2v) is 5.41. The number of sulfone groups is 1. The van der Waals surface area contributed by atoms with Crippen LogP contribution in [0, 0.1) is 6.92 Å². The van der Waals surface area contributed by atoms with Gasteiger partial charge in [0.1, 0.15) is 0 Å². The van der Waals surface area contributed by atoms with Crippen LogP contribution in [0.4, 0.5) is 0 Å². The fourth-order valence-corrected chi connectivity index (χ4v) is 2.33. The summed E-state index contributed by atoms with van der Waals surface area (Å²) in [5, 5.41) is 0. The molecule has 0 aliphatic carbocycles. The van der Waals surface area contributed by atoms with Crippen molar-refractivity contribution in [2.75, 3.05) is 5.75 Å². The quantitative estimate of drug-likeness (QED) is 0.767. The lowest BCUT2D eigenvalue weighted by Gasteiger charge is -2.02. The molecule has 81 valence electrons. The molecule has 4 nitrogen and oxygen atoms in total. The SMILES string of the molecule is Cc1ccc(S(=O)(=O)CCC([NH])=O)cc1. The Hall–Kier alpha value is -1.36. The van der Waals surface area contributed by atoms with Crippen LogP contribution in [-0.4, -0.2) is 20.1 Å². The normalized spacial score (nSPS) is 11.3. The molecule has 1 aromatic rings. The predicted octanol–water partition coefficient (Wildman–Crippen LogP) is 0.968. The standard InChI is InChI=1S/C10H12NO3S/c1-8-2-4-9(5-3-8)15(13,14)7-6-10(11)12/h2-5,11H,6-7H2,1H3. The lowest BCUT2D eigenvalue weighted by molar-refractivity contribution is -0.118. The molecule has 1 N–H and O–H groups in total. The Morgan fingerprint density at radius 1 is 1.27 bits per heavy atom. The van der Waals surface area contributed by atoms with Gasteiger partial charge in [0, 0.05) is 6.42 Å². The first-order valence-corrected chi connectivity index (χ1v) is 6.11. The minimum absolute atomic E-state index is 0.203. The van der Waals surface area contributed by atoms with Crippen LogP contribution in [0.3, 0.4) is 0 Å². The van der Waals surface area contributed by atoms with E-state index in [1.54, 1.807) is 12.1 Å². The Bertz CT molecular complexity index is 448. The van der Waals surface area contributed by atoms with Crippen LogP contribution in [0.15, 0.2) is 29.2 Å². The summed E-state index contributed by atoms with van der Waals surface area (Å²) in [6.45, 7) is 1.86. The molecule has 0 spiro atoms. The maximum absolute atomic E-state index is 11.6. The molecule has 15 heavy (non-hydrogen) atoms. The summed E-state index contributed by atoms with van der Waals surface area (Å²) in [5.41, 5.74) is 7.63. The van der Waals surface area contributed by atoms with Crippen molar-refractivity contribution in [3.05, 3.63) is 29.8 Å². The van der Waals surface area contributed by atoms with Crippen molar-refractivity contribution in [1.29, 1.82) is 0 Å². The molecule has 1 amide bonds. The first-order chi connectivity index (χ1) is 6.92. The minimum Gasteiger partial charge on any atom is -0.273 e. The van der Waals surface area contributed by atoms with Gasteiger partial charge >= 0.3 is 0 Å². The fourth-order valence-electron chi connectivity index (χ4n) is 1.09. The van der Waals surface area contributed by atoms with Crippen molar-refractivity contribution >= 4 is 15.7 Å². The highest BCUT2D eigenvalue weighted by Crippen LogP contribution is 2.12. The van der Waals surface area contributed by atoms with Gasteiger partial charge in [0.2, 0.25) is 5.91 Å². The highest BCUT2D eigenvalue weighted by atomic mass is 32.2. The number of hydrogen-bond acceptors (Lipinski definition) is 3. The summed E-state index contributed by atoms with van der Waals surface area (Å²) in [7, 11) is -3.41. The van der Waals surface area contributed by atoms with Crippen molar-refractivity contribution in [3.63, 3.8) is 0 Å². The van der Waals surface area contributed by atoms with Crippen molar-refractivity contribution in [2.24, 2.45) is 0 Å². The van der Waals surface area contributed by atoms with E-state index in [-0.39, 0.29) is 17.1 Å². The Morgan fingerprint density at radius 3 is 2.27 bits per heavy atom. The zero-order chi connectivity index (χ0) is 11.5. The minimum atomic E-state index is -3.41. The Morgan fingerprint density at radius 2 is 1.80 bits per heavy atom. The molecule has 1 rings (SSSR count). The molecule has 1 radical (unpaired) electrons. The molecule has 0 unspecified atom stereocenters. The summed E-state index contributed by atoms with van der Waals surface area (Å²) in [6, 6.07) is 6.43. The Balaban J connectivity index is 2.87. The summed E-state index contributed by atoms with van der Waals surface area (Å²) >= 11 is 0. The number of benzene rings is 1. The third-order valence-corrected chi connectivity index (χ3v) is 3.71. The van der Waals surface area contributed by atoms with Gasteiger partial charge in [-0.3, -0.25) is 10.5 Å².